The quantitative estimate of drug-likeness (QED) is 0.759. The van der Waals surface area contributed by atoms with Gasteiger partial charge in [0.05, 0.1) is 12.1 Å². The molecular weight excluding hydrogens is 230 g/mol. The van der Waals surface area contributed by atoms with Gasteiger partial charge in [0, 0.05) is 5.56 Å². The fourth-order valence-corrected chi connectivity index (χ4v) is 2.49. The molecule has 98 valence electrons. The Morgan fingerprint density at radius 3 is 2.89 bits per heavy atom. The zero-order chi connectivity index (χ0) is 13.0. The third-order valence-electron chi connectivity index (χ3n) is 3.40. The van der Waals surface area contributed by atoms with E-state index in [9.17, 15) is 4.79 Å². The highest BCUT2D eigenvalue weighted by molar-refractivity contribution is 5.70. The summed E-state index contributed by atoms with van der Waals surface area (Å²) in [6, 6.07) is 7.70. The van der Waals surface area contributed by atoms with Crippen molar-refractivity contribution in [3.05, 3.63) is 29.8 Å². The van der Waals surface area contributed by atoms with Gasteiger partial charge in [-0.2, -0.15) is 0 Å². The number of fused-ring (bicyclic) bond motifs is 1. The first-order valence-electron chi connectivity index (χ1n) is 6.43. The van der Waals surface area contributed by atoms with Crippen molar-refractivity contribution in [3.63, 3.8) is 0 Å². The second-order valence-electron chi connectivity index (χ2n) is 4.77. The number of aliphatic carboxylic acids is 1. The molecule has 2 rings (SSSR count). The summed E-state index contributed by atoms with van der Waals surface area (Å²) in [4.78, 5) is 16.7. The molecule has 4 nitrogen and oxygen atoms in total. The molecule has 1 aliphatic heterocycles. The van der Waals surface area contributed by atoms with Crippen LogP contribution in [0.2, 0.25) is 0 Å². The first kappa shape index (κ1) is 12.9. The van der Waals surface area contributed by atoms with Gasteiger partial charge in [-0.3, -0.25) is 15.1 Å². The lowest BCUT2D eigenvalue weighted by atomic mass is 9.85. The maximum absolute atomic E-state index is 11.1. The van der Waals surface area contributed by atoms with E-state index >= 15 is 0 Å². The van der Waals surface area contributed by atoms with E-state index in [0.717, 1.165) is 36.9 Å². The summed E-state index contributed by atoms with van der Waals surface area (Å²) < 4.78 is 0. The lowest BCUT2D eigenvalue weighted by Crippen LogP contribution is -2.29. The summed E-state index contributed by atoms with van der Waals surface area (Å²) >= 11 is 0. The molecule has 1 aromatic carbocycles. The Morgan fingerprint density at radius 2 is 2.17 bits per heavy atom. The van der Waals surface area contributed by atoms with Crippen LogP contribution in [0.15, 0.2) is 24.3 Å². The van der Waals surface area contributed by atoms with Crippen LogP contribution in [0.4, 0.5) is 5.69 Å². The SMILES string of the molecule is CCCCCC1(CC(=O)O)ONc2ccccc21. The van der Waals surface area contributed by atoms with Crippen molar-refractivity contribution in [1.82, 2.24) is 0 Å². The van der Waals surface area contributed by atoms with Gasteiger partial charge in [0.15, 0.2) is 0 Å². The molecule has 0 radical (unpaired) electrons. The van der Waals surface area contributed by atoms with Crippen LogP contribution >= 0.6 is 0 Å². The van der Waals surface area contributed by atoms with Crippen LogP contribution in [0, 0.1) is 0 Å². The molecule has 0 saturated heterocycles. The van der Waals surface area contributed by atoms with Crippen molar-refractivity contribution in [2.24, 2.45) is 0 Å². The molecule has 1 aliphatic rings. The van der Waals surface area contributed by atoms with Crippen molar-refractivity contribution in [2.45, 2.75) is 44.6 Å². The van der Waals surface area contributed by atoms with Gasteiger partial charge in [0.2, 0.25) is 0 Å². The molecule has 1 atom stereocenters. The molecule has 0 bridgehead atoms. The third-order valence-corrected chi connectivity index (χ3v) is 3.40. The van der Waals surface area contributed by atoms with Gasteiger partial charge in [0.1, 0.15) is 5.60 Å². The lowest BCUT2D eigenvalue weighted by molar-refractivity contribution is -0.144. The van der Waals surface area contributed by atoms with E-state index in [1.54, 1.807) is 0 Å². The van der Waals surface area contributed by atoms with Crippen LogP contribution in [0.1, 0.15) is 44.6 Å². The molecular formula is C14H19NO3. The second kappa shape index (κ2) is 5.40. The van der Waals surface area contributed by atoms with E-state index in [1.165, 1.54) is 0 Å². The van der Waals surface area contributed by atoms with Crippen LogP contribution in [0.25, 0.3) is 0 Å². The summed E-state index contributed by atoms with van der Waals surface area (Å²) in [5.41, 5.74) is 4.00. The van der Waals surface area contributed by atoms with Crippen LogP contribution in [0.3, 0.4) is 0 Å². The van der Waals surface area contributed by atoms with Gasteiger partial charge >= 0.3 is 5.97 Å². The summed E-state index contributed by atoms with van der Waals surface area (Å²) in [5.74, 6) is -0.829. The number of nitrogens with one attached hydrogen (secondary N) is 1. The number of hydrogen-bond donors (Lipinski definition) is 2. The van der Waals surface area contributed by atoms with Crippen LogP contribution in [-0.4, -0.2) is 11.1 Å². The number of carboxylic acid groups (broad SMARTS) is 1. The van der Waals surface area contributed by atoms with E-state index < -0.39 is 11.6 Å². The van der Waals surface area contributed by atoms with E-state index in [0.29, 0.717) is 0 Å². The van der Waals surface area contributed by atoms with Crippen LogP contribution < -0.4 is 5.48 Å². The molecule has 4 heteroatoms. The maximum atomic E-state index is 11.1. The highest BCUT2D eigenvalue weighted by Gasteiger charge is 2.42. The number of unbranched alkanes of at least 4 members (excludes halogenated alkanes) is 2. The standard InChI is InChI=1S/C14H19NO3/c1-2-3-6-9-14(10-13(16)17)11-7-4-5-8-12(11)15-18-14/h4-5,7-8,15H,2-3,6,9-10H2,1H3,(H,16,17). The zero-order valence-corrected chi connectivity index (χ0v) is 10.6. The number of hydrogen-bond acceptors (Lipinski definition) is 3. The third kappa shape index (κ3) is 2.48. The Labute approximate surface area is 107 Å². The predicted molar refractivity (Wildman–Crippen MR) is 69.2 cm³/mol. The number of carbonyl (C=O) groups is 1. The number of benzene rings is 1. The van der Waals surface area contributed by atoms with Crippen molar-refractivity contribution in [1.29, 1.82) is 0 Å². The van der Waals surface area contributed by atoms with E-state index in [4.69, 9.17) is 9.94 Å². The minimum Gasteiger partial charge on any atom is -0.481 e. The van der Waals surface area contributed by atoms with Crippen molar-refractivity contribution >= 4 is 11.7 Å². The molecule has 1 aromatic rings. The predicted octanol–water partition coefficient (Wildman–Crippen LogP) is 3.29. The fourth-order valence-electron chi connectivity index (χ4n) is 2.49. The average Bonchev–Trinajstić information content (AvgIpc) is 2.69. The van der Waals surface area contributed by atoms with Gasteiger partial charge in [-0.25, -0.2) is 0 Å². The van der Waals surface area contributed by atoms with E-state index in [1.807, 2.05) is 24.3 Å². The van der Waals surface area contributed by atoms with Gasteiger partial charge in [-0.05, 0) is 12.5 Å². The smallest absolute Gasteiger partial charge is 0.306 e. The minimum atomic E-state index is -0.829. The Bertz CT molecular complexity index is 433. The van der Waals surface area contributed by atoms with E-state index in [2.05, 4.69) is 12.4 Å². The number of anilines is 1. The molecule has 1 unspecified atom stereocenters. The molecule has 0 amide bonds. The molecule has 0 fully saturated rings. The molecule has 0 spiro atoms. The highest BCUT2D eigenvalue weighted by Crippen LogP contribution is 2.43. The Hall–Kier alpha value is -1.55. The summed E-state index contributed by atoms with van der Waals surface area (Å²) in [5, 5.41) is 9.11. The first-order chi connectivity index (χ1) is 8.68. The van der Waals surface area contributed by atoms with Gasteiger partial charge in [0.25, 0.3) is 0 Å². The topological polar surface area (TPSA) is 58.6 Å². The number of rotatable bonds is 6. The number of para-hydroxylation sites is 1. The molecule has 0 aliphatic carbocycles. The normalized spacial score (nSPS) is 21.4. The Morgan fingerprint density at radius 1 is 1.39 bits per heavy atom. The summed E-state index contributed by atoms with van der Waals surface area (Å²) in [6.45, 7) is 2.13. The first-order valence-corrected chi connectivity index (χ1v) is 6.43. The molecule has 1 heterocycles. The second-order valence-corrected chi connectivity index (χ2v) is 4.77. The van der Waals surface area contributed by atoms with E-state index in [-0.39, 0.29) is 6.42 Å². The van der Waals surface area contributed by atoms with Crippen molar-refractivity contribution < 1.29 is 14.7 Å². The Kier molecular flexibility index (Phi) is 3.87. The highest BCUT2D eigenvalue weighted by atomic mass is 16.7. The minimum absolute atomic E-state index is 0.000722. The maximum Gasteiger partial charge on any atom is 0.306 e. The largest absolute Gasteiger partial charge is 0.481 e. The molecule has 0 saturated carbocycles. The molecule has 18 heavy (non-hydrogen) atoms. The van der Waals surface area contributed by atoms with Crippen molar-refractivity contribution in [3.8, 4) is 0 Å². The lowest BCUT2D eigenvalue weighted by Gasteiger charge is -2.26. The van der Waals surface area contributed by atoms with Crippen LogP contribution in [0.5, 0.6) is 0 Å². The molecule has 0 aromatic heterocycles. The van der Waals surface area contributed by atoms with Gasteiger partial charge in [-0.1, -0.05) is 44.4 Å². The zero-order valence-electron chi connectivity index (χ0n) is 10.6. The summed E-state index contributed by atoms with van der Waals surface area (Å²) in [7, 11) is 0. The summed E-state index contributed by atoms with van der Waals surface area (Å²) in [6.07, 6.45) is 3.91. The van der Waals surface area contributed by atoms with Gasteiger partial charge in [-0.15, -0.1) is 0 Å². The average molecular weight is 249 g/mol. The van der Waals surface area contributed by atoms with Gasteiger partial charge < -0.3 is 5.11 Å². The fraction of sp³-hybridized carbons (Fsp3) is 0.500. The monoisotopic (exact) mass is 249 g/mol. The molecule has 2 N–H and O–H groups in total. The van der Waals surface area contributed by atoms with Crippen molar-refractivity contribution in [2.75, 3.05) is 5.48 Å². The van der Waals surface area contributed by atoms with Crippen LogP contribution in [-0.2, 0) is 15.2 Å². The number of carboxylic acids is 1. The Balaban J connectivity index is 2.23.